The van der Waals surface area contributed by atoms with Crippen LogP contribution in [-0.4, -0.2) is 67.5 Å². The lowest BCUT2D eigenvalue weighted by atomic mass is 10.1. The maximum atomic E-state index is 13.1. The van der Waals surface area contributed by atoms with Crippen molar-refractivity contribution in [3.8, 4) is 11.5 Å². The number of halogens is 1. The van der Waals surface area contributed by atoms with E-state index in [2.05, 4.69) is 4.99 Å². The predicted molar refractivity (Wildman–Crippen MR) is 139 cm³/mol. The van der Waals surface area contributed by atoms with E-state index < -0.39 is 18.5 Å². The first-order valence-electron chi connectivity index (χ1n) is 11.5. The van der Waals surface area contributed by atoms with Crippen molar-refractivity contribution >= 4 is 47.7 Å². The molecule has 1 aliphatic rings. The van der Waals surface area contributed by atoms with Crippen molar-refractivity contribution in [2.45, 2.75) is 20.4 Å². The van der Waals surface area contributed by atoms with Gasteiger partial charge < -0.3 is 35.3 Å². The summed E-state index contributed by atoms with van der Waals surface area (Å²) in [4.78, 5) is 54.7. The van der Waals surface area contributed by atoms with Gasteiger partial charge in [-0.15, -0.1) is 12.4 Å². The number of Topliss-reactive ketones (excluding diaryl/α,β-unsaturated/α-hetero) is 1. The van der Waals surface area contributed by atoms with Crippen molar-refractivity contribution in [3.05, 3.63) is 53.1 Å². The summed E-state index contributed by atoms with van der Waals surface area (Å²) in [5.41, 5.74) is 12.7. The maximum absolute atomic E-state index is 13.1. The maximum Gasteiger partial charge on any atom is 0.344 e. The van der Waals surface area contributed by atoms with Crippen molar-refractivity contribution in [2.75, 3.05) is 33.0 Å². The fourth-order valence-corrected chi connectivity index (χ4v) is 3.57. The number of esters is 2. The topological polar surface area (TPSA) is 173 Å². The number of hydrogen-bond donors (Lipinski definition) is 2. The van der Waals surface area contributed by atoms with Crippen molar-refractivity contribution < 1.29 is 38.1 Å². The largest absolute Gasteiger partial charge is 0.478 e. The normalized spacial score (nSPS) is 11.6. The first-order chi connectivity index (χ1) is 17.7. The van der Waals surface area contributed by atoms with Crippen molar-refractivity contribution in [1.82, 2.24) is 4.90 Å². The standard InChI is InChI=1S/C25H28N4O8.ClH/c1-3-34-22(31)13-36-20-8-5-15(10-21(20)37-14-23(32)35-4-2)19(30)12-29-11-16-9-17(28-25(26)27)6-7-18(16)24(29)33;/h5-10H,3-4,11-14H2,1-2H3,(H4,26,27,28);1H. The number of guanidine groups is 1. The molecule has 0 saturated heterocycles. The number of benzene rings is 2. The number of aliphatic imine (C=N–C) groups is 1. The highest BCUT2D eigenvalue weighted by atomic mass is 35.5. The van der Waals surface area contributed by atoms with E-state index in [-0.39, 0.29) is 80.0 Å². The minimum Gasteiger partial charge on any atom is -0.478 e. The van der Waals surface area contributed by atoms with Gasteiger partial charge in [-0.25, -0.2) is 14.6 Å². The van der Waals surface area contributed by atoms with Crippen LogP contribution >= 0.6 is 12.4 Å². The van der Waals surface area contributed by atoms with Crippen LogP contribution < -0.4 is 20.9 Å². The van der Waals surface area contributed by atoms with Gasteiger partial charge in [-0.3, -0.25) is 9.59 Å². The molecule has 1 aliphatic heterocycles. The third kappa shape index (κ3) is 7.84. The Morgan fingerprint density at radius 2 is 1.55 bits per heavy atom. The summed E-state index contributed by atoms with van der Waals surface area (Å²) >= 11 is 0. The van der Waals surface area contributed by atoms with Gasteiger partial charge >= 0.3 is 11.9 Å². The van der Waals surface area contributed by atoms with E-state index in [4.69, 9.17) is 30.4 Å². The lowest BCUT2D eigenvalue weighted by Gasteiger charge is -2.16. The van der Waals surface area contributed by atoms with E-state index in [1.165, 1.54) is 23.1 Å². The molecule has 4 N–H and O–H groups in total. The Kier molecular flexibility index (Phi) is 10.9. The highest BCUT2D eigenvalue weighted by Gasteiger charge is 2.29. The number of fused-ring (bicyclic) bond motifs is 1. The van der Waals surface area contributed by atoms with Gasteiger partial charge in [0, 0.05) is 17.7 Å². The van der Waals surface area contributed by atoms with E-state index in [0.29, 0.717) is 16.8 Å². The molecule has 0 bridgehead atoms. The van der Waals surface area contributed by atoms with Crippen LogP contribution in [0.3, 0.4) is 0 Å². The molecule has 38 heavy (non-hydrogen) atoms. The molecular weight excluding hydrogens is 520 g/mol. The van der Waals surface area contributed by atoms with Crippen molar-refractivity contribution in [3.63, 3.8) is 0 Å². The Morgan fingerprint density at radius 1 is 0.921 bits per heavy atom. The number of hydrogen-bond acceptors (Lipinski definition) is 9. The van der Waals surface area contributed by atoms with E-state index in [1.54, 1.807) is 32.0 Å². The molecule has 0 saturated carbocycles. The first kappa shape index (κ1) is 29.9. The summed E-state index contributed by atoms with van der Waals surface area (Å²) in [6, 6.07) is 9.21. The van der Waals surface area contributed by atoms with Gasteiger partial charge in [0.05, 0.1) is 25.4 Å². The van der Waals surface area contributed by atoms with E-state index >= 15 is 0 Å². The molecule has 12 nitrogen and oxygen atoms in total. The molecule has 1 amide bonds. The summed E-state index contributed by atoms with van der Waals surface area (Å²) < 4.78 is 20.7. The van der Waals surface area contributed by atoms with Gasteiger partial charge in [0.1, 0.15) is 0 Å². The summed E-state index contributed by atoms with van der Waals surface area (Å²) in [6.45, 7) is 2.87. The quantitative estimate of drug-likeness (QED) is 0.172. The van der Waals surface area contributed by atoms with Gasteiger partial charge in [-0.1, -0.05) is 0 Å². The summed E-state index contributed by atoms with van der Waals surface area (Å²) in [6.07, 6.45) is 0. The molecule has 0 unspecified atom stereocenters. The molecule has 0 atom stereocenters. The van der Waals surface area contributed by atoms with Gasteiger partial charge in [0.25, 0.3) is 5.91 Å². The Morgan fingerprint density at radius 3 is 2.16 bits per heavy atom. The van der Waals surface area contributed by atoms with Crippen LogP contribution in [0.5, 0.6) is 11.5 Å². The molecule has 0 fully saturated rings. The SMILES string of the molecule is CCOC(=O)COc1ccc(C(=O)CN2Cc3cc(N=C(N)N)ccc3C2=O)cc1OCC(=O)OCC.Cl. The molecule has 2 aromatic carbocycles. The van der Waals surface area contributed by atoms with Crippen LogP contribution in [0.15, 0.2) is 41.4 Å². The number of ketones is 1. The van der Waals surface area contributed by atoms with E-state index in [9.17, 15) is 19.2 Å². The minimum absolute atomic E-state index is 0. The van der Waals surface area contributed by atoms with Crippen LogP contribution in [0.1, 0.15) is 40.1 Å². The monoisotopic (exact) mass is 548 g/mol. The average molecular weight is 549 g/mol. The molecule has 0 spiro atoms. The molecule has 13 heteroatoms. The third-order valence-corrected chi connectivity index (χ3v) is 5.13. The highest BCUT2D eigenvalue weighted by molar-refractivity contribution is 6.04. The Hall–Kier alpha value is -4.32. The number of carbonyl (C=O) groups excluding carboxylic acids is 4. The minimum atomic E-state index is -0.615. The number of rotatable bonds is 12. The van der Waals surface area contributed by atoms with Crippen LogP contribution in [0.2, 0.25) is 0 Å². The first-order valence-corrected chi connectivity index (χ1v) is 11.5. The Labute approximate surface area is 225 Å². The van der Waals surface area contributed by atoms with Crippen molar-refractivity contribution in [1.29, 1.82) is 0 Å². The van der Waals surface area contributed by atoms with Gasteiger partial charge in [0.2, 0.25) is 0 Å². The number of ether oxygens (including phenoxy) is 4. The lowest BCUT2D eigenvalue weighted by molar-refractivity contribution is -0.146. The van der Waals surface area contributed by atoms with Crippen LogP contribution in [-0.2, 0) is 25.6 Å². The smallest absolute Gasteiger partial charge is 0.344 e. The van der Waals surface area contributed by atoms with Crippen LogP contribution in [0.25, 0.3) is 0 Å². The van der Waals surface area contributed by atoms with E-state index in [0.717, 1.165) is 0 Å². The molecule has 0 radical (unpaired) electrons. The molecule has 2 aromatic rings. The fourth-order valence-electron chi connectivity index (χ4n) is 3.57. The van der Waals surface area contributed by atoms with Gasteiger partial charge in [-0.2, -0.15) is 0 Å². The zero-order valence-electron chi connectivity index (χ0n) is 20.9. The van der Waals surface area contributed by atoms with Gasteiger partial charge in [-0.05, 0) is 55.8 Å². The van der Waals surface area contributed by atoms with E-state index in [1.807, 2.05) is 0 Å². The molecule has 3 rings (SSSR count). The van der Waals surface area contributed by atoms with Crippen LogP contribution in [0, 0.1) is 0 Å². The number of nitrogens with zero attached hydrogens (tertiary/aromatic N) is 2. The number of nitrogens with two attached hydrogens (primary N) is 2. The summed E-state index contributed by atoms with van der Waals surface area (Å²) in [7, 11) is 0. The predicted octanol–water partition coefficient (Wildman–Crippen LogP) is 1.74. The number of amides is 1. The average Bonchev–Trinajstić information content (AvgIpc) is 3.15. The highest BCUT2D eigenvalue weighted by Crippen LogP contribution is 2.30. The molecule has 0 aliphatic carbocycles. The molecule has 1 heterocycles. The second-order valence-electron chi connectivity index (χ2n) is 7.81. The van der Waals surface area contributed by atoms with Crippen molar-refractivity contribution in [2.24, 2.45) is 16.5 Å². The second kappa shape index (κ2) is 13.8. The number of carbonyl (C=O) groups is 4. The molecular formula is C25H29ClN4O8. The Bertz CT molecular complexity index is 1230. The zero-order chi connectivity index (χ0) is 26.9. The lowest BCUT2D eigenvalue weighted by Crippen LogP contribution is -2.30. The van der Waals surface area contributed by atoms with Crippen LogP contribution in [0.4, 0.5) is 5.69 Å². The fraction of sp³-hybridized carbons (Fsp3) is 0.320. The van der Waals surface area contributed by atoms with Gasteiger partial charge in [0.15, 0.2) is 36.5 Å². The summed E-state index contributed by atoms with van der Waals surface area (Å²) in [5, 5.41) is 0. The zero-order valence-corrected chi connectivity index (χ0v) is 21.7. The molecule has 204 valence electrons. The Balaban J connectivity index is 0.00000507. The summed E-state index contributed by atoms with van der Waals surface area (Å²) in [5.74, 6) is -1.79. The molecule has 0 aromatic heterocycles. The third-order valence-electron chi connectivity index (χ3n) is 5.13. The second-order valence-corrected chi connectivity index (χ2v) is 7.81.